The van der Waals surface area contributed by atoms with E-state index in [0.29, 0.717) is 41.6 Å². The lowest BCUT2D eigenvalue weighted by Crippen LogP contribution is -2.30. The molecule has 49 heavy (non-hydrogen) atoms. The Kier molecular flexibility index (Phi) is 18.0. The average molecular weight is 701 g/mol. The Hall–Kier alpha value is -3.07. The summed E-state index contributed by atoms with van der Waals surface area (Å²) >= 11 is 6.53. The topological polar surface area (TPSA) is 89.5 Å². The van der Waals surface area contributed by atoms with Crippen LogP contribution in [0.25, 0.3) is 21.5 Å². The van der Waals surface area contributed by atoms with Crippen molar-refractivity contribution < 1.29 is 38.0 Å². The number of halogens is 1. The lowest BCUT2D eigenvalue weighted by atomic mass is 10.0. The van der Waals surface area contributed by atoms with E-state index in [1.807, 2.05) is 36.4 Å². The van der Waals surface area contributed by atoms with Crippen LogP contribution in [-0.4, -0.2) is 63.8 Å². The minimum atomic E-state index is -0.594. The van der Waals surface area contributed by atoms with Crippen LogP contribution in [0, 0.1) is 11.8 Å². The molecule has 0 bridgehead atoms. The fraction of sp³-hybridized carbons (Fsp3) is 0.600. The number of fused-ring (bicyclic) bond motifs is 2. The predicted molar refractivity (Wildman–Crippen MR) is 197 cm³/mol. The van der Waals surface area contributed by atoms with E-state index in [4.69, 9.17) is 40.0 Å². The number of ether oxygens (including phenoxy) is 6. The quantitative estimate of drug-likeness (QED) is 0.0674. The van der Waals surface area contributed by atoms with Gasteiger partial charge in [-0.2, -0.15) is 0 Å². The van der Waals surface area contributed by atoms with Crippen molar-refractivity contribution in [2.24, 2.45) is 11.8 Å². The monoisotopic (exact) mass is 700 g/mol. The summed E-state index contributed by atoms with van der Waals surface area (Å²) < 4.78 is 36.3. The second kappa shape index (κ2) is 21.9. The fourth-order valence-electron chi connectivity index (χ4n) is 5.97. The van der Waals surface area contributed by atoms with Crippen molar-refractivity contribution >= 4 is 45.1 Å². The van der Waals surface area contributed by atoms with E-state index in [-0.39, 0.29) is 26.4 Å². The third-order valence-electron chi connectivity index (χ3n) is 8.78. The van der Waals surface area contributed by atoms with Crippen molar-refractivity contribution in [3.63, 3.8) is 0 Å². The Morgan fingerprint density at radius 3 is 1.49 bits per heavy atom. The highest BCUT2D eigenvalue weighted by atomic mass is 35.5. The van der Waals surface area contributed by atoms with Crippen molar-refractivity contribution in [2.45, 2.75) is 105 Å². The first-order valence-electron chi connectivity index (χ1n) is 18.1. The molecular weight excluding hydrogens is 644 g/mol. The molecule has 3 aromatic rings. The van der Waals surface area contributed by atoms with Crippen LogP contribution in [0.15, 0.2) is 42.5 Å². The molecule has 0 aliphatic rings. The summed E-state index contributed by atoms with van der Waals surface area (Å²) in [7, 11) is 0. The molecule has 0 heterocycles. The molecule has 0 amide bonds. The zero-order valence-corrected chi connectivity index (χ0v) is 31.2. The van der Waals surface area contributed by atoms with Gasteiger partial charge < -0.3 is 28.4 Å². The summed E-state index contributed by atoms with van der Waals surface area (Å²) in [5.74, 6) is 1.37. The Balaban J connectivity index is 1.85. The summed E-state index contributed by atoms with van der Waals surface area (Å²) in [5, 5.41) is 3.70. The Morgan fingerprint density at radius 1 is 0.612 bits per heavy atom. The van der Waals surface area contributed by atoms with Gasteiger partial charge in [0.25, 0.3) is 0 Å². The number of unbranched alkanes of at least 4 members (excludes halogenated alkanes) is 2. The molecule has 0 aliphatic carbocycles. The summed E-state index contributed by atoms with van der Waals surface area (Å²) in [6.45, 7) is 13.4. The summed E-state index contributed by atoms with van der Waals surface area (Å²) in [5.41, 5.74) is 0. The minimum Gasteiger partial charge on any atom is -0.488 e. The molecule has 272 valence electrons. The number of esters is 2. The van der Waals surface area contributed by atoms with E-state index in [1.165, 1.54) is 20.3 Å². The van der Waals surface area contributed by atoms with Crippen molar-refractivity contribution in [3.05, 3.63) is 47.5 Å². The number of benzene rings is 3. The first-order valence-corrected chi connectivity index (χ1v) is 18.5. The summed E-state index contributed by atoms with van der Waals surface area (Å²) in [6, 6.07) is 13.3. The summed E-state index contributed by atoms with van der Waals surface area (Å²) in [4.78, 5) is 24.0. The molecule has 8 nitrogen and oxygen atoms in total. The zero-order valence-electron chi connectivity index (χ0n) is 30.4. The minimum absolute atomic E-state index is 0.0972. The molecule has 0 aliphatic heterocycles. The molecule has 0 radical (unpaired) electrons. The highest BCUT2D eigenvalue weighted by Gasteiger charge is 2.22. The molecule has 0 saturated heterocycles. The first kappa shape index (κ1) is 40.4. The number of carbonyl (C=O) groups is 2. The van der Waals surface area contributed by atoms with Crippen molar-refractivity contribution in [3.8, 4) is 11.5 Å². The standard InChI is InChI=1S/C40H57ClO8/c1-7-11-15-30(9-3)22-44-24-33(48-28(5)42)26-46-39-35-17-13-14-18-36(35)40(38-21-32(41)19-20-37(38)39)47-27-34(49-29(6)43)25-45-23-31(10-4)16-12-8-2/h13-14,17-21,30-31,33-34H,7-12,15-16,22-27H2,1-6H3. The normalized spacial score (nSPS) is 13.9. The molecule has 9 heteroatoms. The number of carbonyl (C=O) groups excluding carboxylic acids is 2. The predicted octanol–water partition coefficient (Wildman–Crippen LogP) is 9.73. The molecule has 0 N–H and O–H groups in total. The maximum atomic E-state index is 12.0. The van der Waals surface area contributed by atoms with Gasteiger partial charge >= 0.3 is 11.9 Å². The zero-order chi connectivity index (χ0) is 35.6. The van der Waals surface area contributed by atoms with Crippen LogP contribution in [0.4, 0.5) is 0 Å². The highest BCUT2D eigenvalue weighted by Crippen LogP contribution is 2.44. The average Bonchev–Trinajstić information content (AvgIpc) is 3.08. The molecular formula is C40H57ClO8. The van der Waals surface area contributed by atoms with Crippen molar-refractivity contribution in [2.75, 3.05) is 39.6 Å². The van der Waals surface area contributed by atoms with Crippen LogP contribution in [0.2, 0.25) is 5.02 Å². The van der Waals surface area contributed by atoms with Crippen molar-refractivity contribution in [1.29, 1.82) is 0 Å². The highest BCUT2D eigenvalue weighted by molar-refractivity contribution is 6.31. The van der Waals surface area contributed by atoms with Crippen LogP contribution in [0.5, 0.6) is 11.5 Å². The van der Waals surface area contributed by atoms with Gasteiger partial charge in [-0.05, 0) is 42.9 Å². The van der Waals surface area contributed by atoms with Gasteiger partial charge in [0.2, 0.25) is 0 Å². The molecule has 4 atom stereocenters. The Morgan fingerprint density at radius 2 is 1.06 bits per heavy atom. The lowest BCUT2D eigenvalue weighted by Gasteiger charge is -2.23. The lowest BCUT2D eigenvalue weighted by molar-refractivity contribution is -0.152. The van der Waals surface area contributed by atoms with Crippen LogP contribution < -0.4 is 9.47 Å². The Labute approximate surface area is 298 Å². The maximum Gasteiger partial charge on any atom is 0.303 e. The van der Waals surface area contributed by atoms with Gasteiger partial charge in [-0.15, -0.1) is 0 Å². The first-order chi connectivity index (χ1) is 23.7. The van der Waals surface area contributed by atoms with E-state index in [9.17, 15) is 9.59 Å². The number of rotatable bonds is 24. The van der Waals surface area contributed by atoms with Gasteiger partial charge in [-0.1, -0.05) is 102 Å². The van der Waals surface area contributed by atoms with Gasteiger partial charge in [0.1, 0.15) is 24.7 Å². The fourth-order valence-corrected chi connectivity index (χ4v) is 6.14. The number of hydrogen-bond acceptors (Lipinski definition) is 8. The molecule has 0 fully saturated rings. The molecule has 0 saturated carbocycles. The van der Waals surface area contributed by atoms with Gasteiger partial charge in [0.15, 0.2) is 12.2 Å². The van der Waals surface area contributed by atoms with Crippen LogP contribution >= 0.6 is 11.6 Å². The van der Waals surface area contributed by atoms with Gasteiger partial charge in [-0.3, -0.25) is 9.59 Å². The largest absolute Gasteiger partial charge is 0.488 e. The van der Waals surface area contributed by atoms with Gasteiger partial charge in [0.05, 0.1) is 13.2 Å². The SMILES string of the molecule is CCCCC(CC)COCC(COc1c2ccccc2c(OCC(COCC(CC)CCCC)OC(C)=O)c2cc(Cl)ccc12)OC(C)=O. The summed E-state index contributed by atoms with van der Waals surface area (Å²) in [6.07, 6.45) is 7.75. The second-order valence-corrected chi connectivity index (χ2v) is 13.3. The molecule has 4 unspecified atom stereocenters. The van der Waals surface area contributed by atoms with Gasteiger partial charge in [0, 0.05) is 53.6 Å². The van der Waals surface area contributed by atoms with Crippen LogP contribution in [0.1, 0.15) is 92.9 Å². The molecule has 3 rings (SSSR count). The van der Waals surface area contributed by atoms with E-state index >= 15 is 0 Å². The number of hydrogen-bond donors (Lipinski definition) is 0. The Bertz CT molecular complexity index is 1440. The van der Waals surface area contributed by atoms with Gasteiger partial charge in [-0.25, -0.2) is 0 Å². The molecule has 0 aromatic heterocycles. The maximum absolute atomic E-state index is 12.0. The van der Waals surface area contributed by atoms with E-state index in [2.05, 4.69) is 27.7 Å². The van der Waals surface area contributed by atoms with E-state index in [0.717, 1.165) is 66.5 Å². The molecule has 3 aromatic carbocycles. The van der Waals surface area contributed by atoms with Crippen LogP contribution in [-0.2, 0) is 28.5 Å². The molecule has 0 spiro atoms. The van der Waals surface area contributed by atoms with E-state index in [1.54, 1.807) is 6.07 Å². The second-order valence-electron chi connectivity index (χ2n) is 12.9. The smallest absolute Gasteiger partial charge is 0.303 e. The van der Waals surface area contributed by atoms with Crippen LogP contribution in [0.3, 0.4) is 0 Å². The van der Waals surface area contributed by atoms with E-state index < -0.39 is 24.1 Å². The van der Waals surface area contributed by atoms with Crippen molar-refractivity contribution in [1.82, 2.24) is 0 Å². The third kappa shape index (κ3) is 13.3. The third-order valence-corrected chi connectivity index (χ3v) is 9.02.